The van der Waals surface area contributed by atoms with Crippen molar-refractivity contribution in [3.8, 4) is 6.07 Å². The van der Waals surface area contributed by atoms with Gasteiger partial charge in [0.15, 0.2) is 6.10 Å². The van der Waals surface area contributed by atoms with Crippen LogP contribution in [0.25, 0.3) is 4.85 Å². The van der Waals surface area contributed by atoms with E-state index in [-0.39, 0.29) is 37.4 Å². The van der Waals surface area contributed by atoms with Crippen molar-refractivity contribution in [2.75, 3.05) is 19.8 Å². The van der Waals surface area contributed by atoms with Crippen LogP contribution in [0.15, 0.2) is 45.6 Å². The third-order valence-electron chi connectivity index (χ3n) is 4.90. The number of nitrogens with zero attached hydrogens (tertiary/aromatic N) is 2. The molecule has 2 aliphatic rings. The van der Waals surface area contributed by atoms with Gasteiger partial charge in [-0.05, 0) is 24.3 Å². The van der Waals surface area contributed by atoms with Crippen LogP contribution in [0.2, 0.25) is 0 Å². The van der Waals surface area contributed by atoms with Gasteiger partial charge in [0, 0.05) is 0 Å². The molecule has 8 nitrogen and oxygen atoms in total. The van der Waals surface area contributed by atoms with Crippen LogP contribution in [0.3, 0.4) is 0 Å². The molecule has 0 spiro atoms. The number of nitriles is 1. The van der Waals surface area contributed by atoms with E-state index >= 15 is 0 Å². The lowest BCUT2D eigenvalue weighted by Gasteiger charge is -2.21. The minimum Gasteiger partial charge on any atom is -0.467 e. The summed E-state index contributed by atoms with van der Waals surface area (Å²) in [5.74, 6) is 1.21. The molecule has 2 aliphatic heterocycles. The first-order valence-electron chi connectivity index (χ1n) is 9.11. The molecule has 2 fully saturated rings. The lowest BCUT2D eigenvalue weighted by Crippen LogP contribution is -2.35. The van der Waals surface area contributed by atoms with Gasteiger partial charge in [0.05, 0.1) is 38.2 Å². The third-order valence-corrected chi connectivity index (χ3v) is 4.90. The Bertz CT molecular complexity index is 752. The average molecular weight is 384 g/mol. The number of furan rings is 2. The quantitative estimate of drug-likeness (QED) is 0.646. The first-order chi connectivity index (χ1) is 13.8. The molecule has 0 radical (unpaired) electrons. The van der Waals surface area contributed by atoms with Gasteiger partial charge in [-0.1, -0.05) is 0 Å². The molecule has 6 atom stereocenters. The zero-order chi connectivity index (χ0) is 19.3. The lowest BCUT2D eigenvalue weighted by atomic mass is 10.1. The molecule has 2 aromatic rings. The Balaban J connectivity index is 1.40. The third kappa shape index (κ3) is 3.82. The van der Waals surface area contributed by atoms with E-state index in [2.05, 4.69) is 10.9 Å². The SMILES string of the molecule is [C-]#[N+]CC(O[C@@H]1COC2C1OC[C@@H]2OC(CC#N)c1ccco1)c1ccco1. The van der Waals surface area contributed by atoms with Crippen LogP contribution in [0.1, 0.15) is 30.1 Å². The molecule has 0 aliphatic carbocycles. The molecule has 8 heteroatoms. The molecule has 28 heavy (non-hydrogen) atoms. The maximum Gasteiger partial charge on any atom is 0.247 e. The first kappa shape index (κ1) is 18.7. The average Bonchev–Trinajstić information content (AvgIpc) is 3.48. The van der Waals surface area contributed by atoms with Gasteiger partial charge in [-0.25, -0.2) is 6.57 Å². The molecule has 2 saturated heterocycles. The molecule has 0 amide bonds. The zero-order valence-corrected chi connectivity index (χ0v) is 15.1. The summed E-state index contributed by atoms with van der Waals surface area (Å²) in [5.41, 5.74) is 0. The van der Waals surface area contributed by atoms with E-state index in [4.69, 9.17) is 39.6 Å². The van der Waals surface area contributed by atoms with Crippen LogP contribution in [0, 0.1) is 17.9 Å². The van der Waals surface area contributed by atoms with Crippen LogP contribution in [0.4, 0.5) is 0 Å². The molecule has 0 aromatic carbocycles. The van der Waals surface area contributed by atoms with Crippen molar-refractivity contribution in [3.63, 3.8) is 0 Å². The van der Waals surface area contributed by atoms with Gasteiger partial charge in [-0.2, -0.15) is 5.26 Å². The normalized spacial score (nSPS) is 28.4. The molecule has 0 bridgehead atoms. The van der Waals surface area contributed by atoms with E-state index in [9.17, 15) is 0 Å². The Morgan fingerprint density at radius 3 is 2.11 bits per heavy atom. The van der Waals surface area contributed by atoms with Gasteiger partial charge in [0.2, 0.25) is 6.54 Å². The van der Waals surface area contributed by atoms with E-state index in [0.717, 1.165) is 0 Å². The van der Waals surface area contributed by atoms with Crippen molar-refractivity contribution in [3.05, 3.63) is 59.7 Å². The topological polar surface area (TPSA) is 91.3 Å². The molecule has 4 unspecified atom stereocenters. The van der Waals surface area contributed by atoms with Crippen LogP contribution in [-0.2, 0) is 18.9 Å². The number of ether oxygens (including phenoxy) is 4. The van der Waals surface area contributed by atoms with E-state index in [1.807, 2.05) is 0 Å². The Labute approximate surface area is 162 Å². The van der Waals surface area contributed by atoms with Gasteiger partial charge in [0.1, 0.15) is 42.0 Å². The van der Waals surface area contributed by atoms with Crippen molar-refractivity contribution in [2.24, 2.45) is 0 Å². The van der Waals surface area contributed by atoms with Gasteiger partial charge < -0.3 is 32.6 Å². The van der Waals surface area contributed by atoms with E-state index in [1.165, 1.54) is 0 Å². The maximum atomic E-state index is 9.09. The van der Waals surface area contributed by atoms with Crippen molar-refractivity contribution >= 4 is 0 Å². The van der Waals surface area contributed by atoms with Crippen molar-refractivity contribution in [1.29, 1.82) is 5.26 Å². The number of fused-ring (bicyclic) bond motifs is 1. The second-order valence-corrected chi connectivity index (χ2v) is 6.66. The lowest BCUT2D eigenvalue weighted by molar-refractivity contribution is -0.0906. The van der Waals surface area contributed by atoms with Gasteiger partial charge in [-0.3, -0.25) is 0 Å². The van der Waals surface area contributed by atoms with Gasteiger partial charge in [-0.15, -0.1) is 0 Å². The first-order valence-corrected chi connectivity index (χ1v) is 9.11. The summed E-state index contributed by atoms with van der Waals surface area (Å²) >= 11 is 0. The van der Waals surface area contributed by atoms with Crippen LogP contribution < -0.4 is 0 Å². The standard InChI is InChI=1S/C20H20N2O6/c1-22-10-16(14-5-3-9-24-14)28-18-12-26-19-17(11-25-20(18)19)27-15(6-7-21)13-4-2-8-23-13/h2-5,8-9,15-20H,6,10-12H2/t15?,16?,17-,18+,19?,20?/m0/s1. The van der Waals surface area contributed by atoms with Gasteiger partial charge in [0.25, 0.3) is 0 Å². The molecule has 4 heterocycles. The fourth-order valence-corrected chi connectivity index (χ4v) is 3.62. The summed E-state index contributed by atoms with van der Waals surface area (Å²) in [6, 6.07) is 9.23. The molecular formula is C20H20N2O6. The van der Waals surface area contributed by atoms with Gasteiger partial charge >= 0.3 is 0 Å². The smallest absolute Gasteiger partial charge is 0.247 e. The fourth-order valence-electron chi connectivity index (χ4n) is 3.62. The van der Waals surface area contributed by atoms with Crippen molar-refractivity contribution in [2.45, 2.75) is 43.0 Å². The van der Waals surface area contributed by atoms with Crippen molar-refractivity contribution in [1.82, 2.24) is 0 Å². The molecular weight excluding hydrogens is 364 g/mol. The number of hydrogen-bond acceptors (Lipinski definition) is 7. The molecule has 2 aromatic heterocycles. The number of hydrogen-bond donors (Lipinski definition) is 0. The Hall–Kier alpha value is -2.62. The predicted octanol–water partition coefficient (Wildman–Crippen LogP) is 3.06. The summed E-state index contributed by atoms with van der Waals surface area (Å²) in [5, 5.41) is 9.09. The summed E-state index contributed by atoms with van der Waals surface area (Å²) in [6.45, 7) is 8.00. The highest BCUT2D eigenvalue weighted by Crippen LogP contribution is 2.36. The summed E-state index contributed by atoms with van der Waals surface area (Å²) in [6.07, 6.45) is 1.08. The minimum absolute atomic E-state index is 0.157. The highest BCUT2D eigenvalue weighted by molar-refractivity contribution is 5.07. The van der Waals surface area contributed by atoms with E-state index < -0.39 is 12.2 Å². The van der Waals surface area contributed by atoms with Crippen LogP contribution in [0.5, 0.6) is 0 Å². The summed E-state index contributed by atoms with van der Waals surface area (Å²) < 4.78 is 34.8. The summed E-state index contributed by atoms with van der Waals surface area (Å²) in [4.78, 5) is 3.44. The Morgan fingerprint density at radius 1 is 1.04 bits per heavy atom. The zero-order valence-electron chi connectivity index (χ0n) is 15.1. The Morgan fingerprint density at radius 2 is 1.61 bits per heavy atom. The van der Waals surface area contributed by atoms with Crippen LogP contribution in [-0.4, -0.2) is 44.2 Å². The molecule has 0 N–H and O–H groups in total. The second-order valence-electron chi connectivity index (χ2n) is 6.66. The molecule has 4 rings (SSSR count). The highest BCUT2D eigenvalue weighted by atomic mass is 16.6. The minimum atomic E-state index is -0.478. The van der Waals surface area contributed by atoms with Crippen LogP contribution >= 0.6 is 0 Å². The highest BCUT2D eigenvalue weighted by Gasteiger charge is 2.50. The van der Waals surface area contributed by atoms with Crippen molar-refractivity contribution < 1.29 is 27.8 Å². The maximum absolute atomic E-state index is 9.09. The summed E-state index contributed by atoms with van der Waals surface area (Å²) in [7, 11) is 0. The number of rotatable bonds is 8. The Kier molecular flexibility index (Phi) is 5.75. The monoisotopic (exact) mass is 384 g/mol. The second kappa shape index (κ2) is 8.59. The fraction of sp³-hybridized carbons (Fsp3) is 0.500. The molecule has 0 saturated carbocycles. The predicted molar refractivity (Wildman–Crippen MR) is 93.8 cm³/mol. The molecule has 146 valence electrons. The van der Waals surface area contributed by atoms with E-state index in [0.29, 0.717) is 24.7 Å². The largest absolute Gasteiger partial charge is 0.467 e. The van der Waals surface area contributed by atoms with E-state index in [1.54, 1.807) is 36.8 Å².